The highest BCUT2D eigenvalue weighted by Gasteiger charge is 2.28. The van der Waals surface area contributed by atoms with Gasteiger partial charge in [0.15, 0.2) is 0 Å². The van der Waals surface area contributed by atoms with Crippen molar-refractivity contribution in [3.8, 4) is 0 Å². The summed E-state index contributed by atoms with van der Waals surface area (Å²) in [6, 6.07) is 11.9. The fourth-order valence-electron chi connectivity index (χ4n) is 4.31. The number of benzene rings is 1. The Kier molecular flexibility index (Phi) is 9.97. The van der Waals surface area contributed by atoms with Crippen LogP contribution in [-0.2, 0) is 22.5 Å². The number of aryl methyl sites for hydroxylation is 1. The molecule has 3 rings (SSSR count). The molecule has 0 spiro atoms. The van der Waals surface area contributed by atoms with Crippen molar-refractivity contribution < 1.29 is 9.53 Å². The van der Waals surface area contributed by atoms with Crippen molar-refractivity contribution in [3.05, 3.63) is 75.0 Å². The number of thiophene rings is 1. The smallest absolute Gasteiger partial charge is 0.339 e. The summed E-state index contributed by atoms with van der Waals surface area (Å²) in [5, 5.41) is 2.74. The molecule has 0 aliphatic heterocycles. The second-order valence-corrected chi connectivity index (χ2v) is 9.87. The van der Waals surface area contributed by atoms with Gasteiger partial charge in [-0.3, -0.25) is 0 Å². The first kappa shape index (κ1) is 26.2. The largest absolute Gasteiger partial charge is 0.462 e. The van der Waals surface area contributed by atoms with E-state index in [1.807, 2.05) is 48.8 Å². The summed E-state index contributed by atoms with van der Waals surface area (Å²) in [6.45, 7) is 9.36. The number of carbonyl (C=O) groups excluding carboxylic acids is 1. The number of hydrogen-bond donors (Lipinski definition) is 0. The summed E-state index contributed by atoms with van der Waals surface area (Å²) in [6.07, 6.45) is 6.95. The van der Waals surface area contributed by atoms with Crippen LogP contribution in [0.25, 0.3) is 11.1 Å². The Morgan fingerprint density at radius 1 is 1.15 bits per heavy atom. The molecule has 182 valence electrons. The van der Waals surface area contributed by atoms with E-state index in [1.54, 1.807) is 11.3 Å². The molecule has 0 fully saturated rings. The van der Waals surface area contributed by atoms with Crippen LogP contribution < -0.4 is 0 Å². The number of imidazole rings is 1. The van der Waals surface area contributed by atoms with Gasteiger partial charge in [0.05, 0.1) is 30.6 Å². The average Bonchev–Trinajstić information content (AvgIpc) is 3.48. The zero-order chi connectivity index (χ0) is 24.5. The number of nitrogens with zero attached hydrogens (tertiary/aromatic N) is 2. The number of carbonyl (C=O) groups is 1. The lowest BCUT2D eigenvalue weighted by Crippen LogP contribution is -2.16. The van der Waals surface area contributed by atoms with Gasteiger partial charge in [-0.15, -0.1) is 11.3 Å². The van der Waals surface area contributed by atoms with E-state index in [-0.39, 0.29) is 11.9 Å². The SMILES string of the molecule is CCCCc1ncc(/C(=C(\C(=O)OCC)c2cccs2)C(C)CCC)n1Cc1ccccc1Cl. The number of rotatable bonds is 12. The number of hydrogen-bond acceptors (Lipinski definition) is 4. The number of allylic oxidation sites excluding steroid dienone is 1. The normalized spacial score (nSPS) is 13.0. The van der Waals surface area contributed by atoms with Crippen LogP contribution in [0.15, 0.2) is 48.0 Å². The van der Waals surface area contributed by atoms with Crippen LogP contribution in [0.5, 0.6) is 0 Å². The highest BCUT2D eigenvalue weighted by atomic mass is 35.5. The molecule has 3 aromatic rings. The minimum atomic E-state index is -0.275. The van der Waals surface area contributed by atoms with Gasteiger partial charge in [-0.05, 0) is 54.3 Å². The lowest BCUT2D eigenvalue weighted by atomic mass is 9.88. The van der Waals surface area contributed by atoms with Gasteiger partial charge in [0, 0.05) is 16.3 Å². The number of ether oxygens (including phenoxy) is 1. The Hall–Kier alpha value is -2.37. The van der Waals surface area contributed by atoms with Crippen molar-refractivity contribution in [3.63, 3.8) is 0 Å². The summed E-state index contributed by atoms with van der Waals surface area (Å²) in [5.41, 5.74) is 3.67. The monoisotopic (exact) mass is 498 g/mol. The standard InChI is InChI=1S/C28H35ClN2O2S/c1-5-8-16-25-30-18-23(31(25)19-21-13-9-10-14-22(21)29)26(20(4)12-6-2)27(28(32)33-7-3)24-15-11-17-34-24/h9-11,13-15,17-18,20H,5-8,12,16,19H2,1-4H3/b27-26-. The maximum absolute atomic E-state index is 13.3. The average molecular weight is 499 g/mol. The molecule has 0 aliphatic rings. The summed E-state index contributed by atoms with van der Waals surface area (Å²) < 4.78 is 7.82. The van der Waals surface area contributed by atoms with E-state index >= 15 is 0 Å². The third-order valence-electron chi connectivity index (χ3n) is 5.99. The van der Waals surface area contributed by atoms with Crippen LogP contribution in [0.1, 0.15) is 75.3 Å². The van der Waals surface area contributed by atoms with E-state index in [0.29, 0.717) is 18.7 Å². The molecule has 0 radical (unpaired) electrons. The second kappa shape index (κ2) is 12.9. The molecule has 4 nitrogen and oxygen atoms in total. The Labute approximate surface area is 212 Å². The summed E-state index contributed by atoms with van der Waals surface area (Å²) in [7, 11) is 0. The van der Waals surface area contributed by atoms with Crippen molar-refractivity contribution >= 4 is 40.1 Å². The van der Waals surface area contributed by atoms with Gasteiger partial charge in [-0.25, -0.2) is 9.78 Å². The van der Waals surface area contributed by atoms with Crippen LogP contribution >= 0.6 is 22.9 Å². The molecule has 0 aliphatic carbocycles. The van der Waals surface area contributed by atoms with E-state index < -0.39 is 0 Å². The highest BCUT2D eigenvalue weighted by molar-refractivity contribution is 7.11. The highest BCUT2D eigenvalue weighted by Crippen LogP contribution is 2.38. The first-order chi connectivity index (χ1) is 16.5. The molecule has 34 heavy (non-hydrogen) atoms. The molecule has 0 N–H and O–H groups in total. The molecule has 1 unspecified atom stereocenters. The van der Waals surface area contributed by atoms with Crippen LogP contribution in [-0.4, -0.2) is 22.1 Å². The Bertz CT molecular complexity index is 1100. The van der Waals surface area contributed by atoms with Gasteiger partial charge in [0.1, 0.15) is 5.82 Å². The zero-order valence-corrected chi connectivity index (χ0v) is 22.2. The quantitative estimate of drug-likeness (QED) is 0.188. The van der Waals surface area contributed by atoms with Gasteiger partial charge in [-0.1, -0.05) is 69.5 Å². The van der Waals surface area contributed by atoms with E-state index in [2.05, 4.69) is 31.4 Å². The third-order valence-corrected chi connectivity index (χ3v) is 7.24. The number of unbranched alkanes of at least 4 members (excludes halogenated alkanes) is 1. The van der Waals surface area contributed by atoms with Gasteiger partial charge < -0.3 is 9.30 Å². The molecular formula is C28H35ClN2O2S. The first-order valence-electron chi connectivity index (χ1n) is 12.2. The van der Waals surface area contributed by atoms with Crippen LogP contribution in [0.4, 0.5) is 0 Å². The van der Waals surface area contributed by atoms with Crippen molar-refractivity contribution in [1.82, 2.24) is 9.55 Å². The predicted octanol–water partition coefficient (Wildman–Crippen LogP) is 7.90. The van der Waals surface area contributed by atoms with Crippen molar-refractivity contribution in [1.29, 1.82) is 0 Å². The molecule has 2 aromatic heterocycles. The molecule has 0 saturated heterocycles. The van der Waals surface area contributed by atoms with Crippen LogP contribution in [0.2, 0.25) is 5.02 Å². The molecule has 1 aromatic carbocycles. The van der Waals surface area contributed by atoms with Gasteiger partial charge in [-0.2, -0.15) is 0 Å². The van der Waals surface area contributed by atoms with Gasteiger partial charge in [0.25, 0.3) is 0 Å². The number of esters is 1. The molecule has 2 heterocycles. The van der Waals surface area contributed by atoms with Crippen molar-refractivity contribution in [2.45, 2.75) is 66.3 Å². The lowest BCUT2D eigenvalue weighted by molar-refractivity contribution is -0.136. The minimum Gasteiger partial charge on any atom is -0.462 e. The molecule has 0 saturated carbocycles. The predicted molar refractivity (Wildman–Crippen MR) is 143 cm³/mol. The second-order valence-electron chi connectivity index (χ2n) is 8.52. The molecule has 1 atom stereocenters. The Morgan fingerprint density at radius 2 is 1.94 bits per heavy atom. The summed E-state index contributed by atoms with van der Waals surface area (Å²) in [5.74, 6) is 0.906. The molecule has 6 heteroatoms. The lowest BCUT2D eigenvalue weighted by Gasteiger charge is -2.22. The van der Waals surface area contributed by atoms with Crippen molar-refractivity contribution in [2.75, 3.05) is 6.61 Å². The minimum absolute atomic E-state index is 0.159. The van der Waals surface area contributed by atoms with E-state index in [9.17, 15) is 4.79 Å². The molecular weight excluding hydrogens is 464 g/mol. The fourth-order valence-corrected chi connectivity index (χ4v) is 5.28. The van der Waals surface area contributed by atoms with Crippen LogP contribution in [0.3, 0.4) is 0 Å². The first-order valence-corrected chi connectivity index (χ1v) is 13.5. The van der Waals surface area contributed by atoms with Gasteiger partial charge in [0.2, 0.25) is 0 Å². The summed E-state index contributed by atoms with van der Waals surface area (Å²) >= 11 is 8.13. The van der Waals surface area contributed by atoms with E-state index in [1.165, 1.54) is 0 Å². The Morgan fingerprint density at radius 3 is 2.59 bits per heavy atom. The fraction of sp³-hybridized carbons (Fsp3) is 0.429. The van der Waals surface area contributed by atoms with Gasteiger partial charge >= 0.3 is 5.97 Å². The zero-order valence-electron chi connectivity index (χ0n) is 20.6. The maximum atomic E-state index is 13.3. The van der Waals surface area contributed by atoms with E-state index in [4.69, 9.17) is 21.3 Å². The topological polar surface area (TPSA) is 44.1 Å². The Balaban J connectivity index is 2.27. The summed E-state index contributed by atoms with van der Waals surface area (Å²) in [4.78, 5) is 19.1. The third kappa shape index (κ3) is 6.19. The maximum Gasteiger partial charge on any atom is 0.339 e. The van der Waals surface area contributed by atoms with Crippen molar-refractivity contribution in [2.24, 2.45) is 5.92 Å². The van der Waals surface area contributed by atoms with Crippen LogP contribution in [0, 0.1) is 5.92 Å². The number of aromatic nitrogens is 2. The number of halogens is 1. The molecule has 0 amide bonds. The molecule has 0 bridgehead atoms. The van der Waals surface area contributed by atoms with E-state index in [0.717, 1.165) is 64.7 Å².